The van der Waals surface area contributed by atoms with Gasteiger partial charge in [-0.05, 0) is 30.5 Å². The van der Waals surface area contributed by atoms with Gasteiger partial charge in [-0.2, -0.15) is 0 Å². The molecule has 1 amide bonds. The number of nitrogens with zero attached hydrogens (tertiary/aromatic N) is 3. The number of para-hydroxylation sites is 2. The summed E-state index contributed by atoms with van der Waals surface area (Å²) in [5.74, 6) is 2.28. The normalized spacial score (nSPS) is 19.1. The van der Waals surface area contributed by atoms with Crippen LogP contribution < -0.4 is 15.0 Å². The maximum absolute atomic E-state index is 12.3. The Kier molecular flexibility index (Phi) is 5.98. The van der Waals surface area contributed by atoms with Gasteiger partial charge in [-0.25, -0.2) is 0 Å². The topological polar surface area (TPSA) is 57.2 Å². The van der Waals surface area contributed by atoms with Gasteiger partial charge < -0.3 is 19.9 Å². The molecule has 4 rings (SSSR count). The molecule has 0 radical (unpaired) electrons. The van der Waals surface area contributed by atoms with Crippen molar-refractivity contribution in [2.75, 3.05) is 44.7 Å². The van der Waals surface area contributed by atoms with Gasteiger partial charge in [0.15, 0.2) is 12.6 Å². The molecule has 2 aromatic carbocycles. The van der Waals surface area contributed by atoms with E-state index < -0.39 is 0 Å². The maximum Gasteiger partial charge on any atom is 0.265 e. The zero-order chi connectivity index (χ0) is 20.1. The molecule has 0 bridgehead atoms. The van der Waals surface area contributed by atoms with Crippen LogP contribution in [-0.4, -0.2) is 56.6 Å². The molecule has 152 valence electrons. The first kappa shape index (κ1) is 19.3. The first-order valence-electron chi connectivity index (χ1n) is 10.3. The van der Waals surface area contributed by atoms with Gasteiger partial charge in [0.2, 0.25) is 0 Å². The van der Waals surface area contributed by atoms with E-state index in [4.69, 9.17) is 4.74 Å². The minimum Gasteiger partial charge on any atom is -0.482 e. The third-order valence-electron chi connectivity index (χ3n) is 5.62. The summed E-state index contributed by atoms with van der Waals surface area (Å²) >= 11 is 0. The van der Waals surface area contributed by atoms with Crippen molar-refractivity contribution in [2.24, 2.45) is 4.99 Å². The molecule has 1 fully saturated rings. The van der Waals surface area contributed by atoms with Crippen molar-refractivity contribution in [2.45, 2.75) is 18.8 Å². The number of hydrogen-bond donors (Lipinski definition) is 1. The quantitative estimate of drug-likeness (QED) is 0.483. The van der Waals surface area contributed by atoms with E-state index in [1.54, 1.807) is 0 Å². The fourth-order valence-electron chi connectivity index (χ4n) is 4.12. The Morgan fingerprint density at radius 1 is 1.17 bits per heavy atom. The summed E-state index contributed by atoms with van der Waals surface area (Å²) in [5, 5.41) is 3.47. The molecule has 0 aliphatic carbocycles. The van der Waals surface area contributed by atoms with Crippen LogP contribution in [0.4, 0.5) is 5.69 Å². The number of aliphatic imine (C=N–C) groups is 1. The van der Waals surface area contributed by atoms with Crippen molar-refractivity contribution in [3.8, 4) is 5.75 Å². The predicted octanol–water partition coefficient (Wildman–Crippen LogP) is 2.87. The summed E-state index contributed by atoms with van der Waals surface area (Å²) in [7, 11) is 1.83. The van der Waals surface area contributed by atoms with Crippen molar-refractivity contribution in [1.29, 1.82) is 0 Å². The van der Waals surface area contributed by atoms with E-state index in [9.17, 15) is 4.79 Å². The van der Waals surface area contributed by atoms with Crippen LogP contribution in [0.2, 0.25) is 0 Å². The molecular weight excluding hydrogens is 364 g/mol. The minimum atomic E-state index is 0.0123. The number of hydrogen-bond acceptors (Lipinski definition) is 3. The lowest BCUT2D eigenvalue weighted by Gasteiger charge is -2.29. The van der Waals surface area contributed by atoms with Crippen LogP contribution in [0.25, 0.3) is 0 Å². The molecule has 2 heterocycles. The Morgan fingerprint density at radius 2 is 1.97 bits per heavy atom. The molecule has 1 N–H and O–H groups in total. The average molecular weight is 393 g/mol. The van der Waals surface area contributed by atoms with Crippen LogP contribution in [0.5, 0.6) is 5.75 Å². The SMILES string of the molecule is CN=C(NCCCN1C(=O)COc2ccccc21)N1CCC(c2ccccc2)C1. The number of anilines is 1. The highest BCUT2D eigenvalue weighted by atomic mass is 16.5. The van der Waals surface area contributed by atoms with E-state index >= 15 is 0 Å². The molecule has 6 nitrogen and oxygen atoms in total. The van der Waals surface area contributed by atoms with E-state index in [2.05, 4.69) is 45.5 Å². The summed E-state index contributed by atoms with van der Waals surface area (Å²) in [6, 6.07) is 18.4. The van der Waals surface area contributed by atoms with Crippen molar-refractivity contribution >= 4 is 17.6 Å². The molecule has 2 aliphatic rings. The Bertz CT molecular complexity index is 868. The summed E-state index contributed by atoms with van der Waals surface area (Å²) in [4.78, 5) is 20.9. The lowest BCUT2D eigenvalue weighted by atomic mass is 9.99. The smallest absolute Gasteiger partial charge is 0.265 e. The van der Waals surface area contributed by atoms with Gasteiger partial charge in [-0.1, -0.05) is 42.5 Å². The number of rotatable bonds is 5. The van der Waals surface area contributed by atoms with E-state index in [1.165, 1.54) is 5.56 Å². The molecule has 2 aliphatic heterocycles. The number of benzene rings is 2. The van der Waals surface area contributed by atoms with Crippen molar-refractivity contribution < 1.29 is 9.53 Å². The summed E-state index contributed by atoms with van der Waals surface area (Å²) in [5.41, 5.74) is 2.26. The van der Waals surface area contributed by atoms with Crippen molar-refractivity contribution in [3.63, 3.8) is 0 Å². The molecule has 2 aromatic rings. The van der Waals surface area contributed by atoms with Crippen molar-refractivity contribution in [3.05, 3.63) is 60.2 Å². The fraction of sp³-hybridized carbons (Fsp3) is 0.391. The maximum atomic E-state index is 12.3. The van der Waals surface area contributed by atoms with Gasteiger partial charge in [0.05, 0.1) is 5.69 Å². The lowest BCUT2D eigenvalue weighted by molar-refractivity contribution is -0.121. The van der Waals surface area contributed by atoms with Crippen LogP contribution in [0.1, 0.15) is 24.3 Å². The van der Waals surface area contributed by atoms with E-state index in [0.29, 0.717) is 12.5 Å². The molecule has 0 saturated carbocycles. The Morgan fingerprint density at radius 3 is 2.79 bits per heavy atom. The van der Waals surface area contributed by atoms with Gasteiger partial charge in [-0.3, -0.25) is 9.79 Å². The fourth-order valence-corrected chi connectivity index (χ4v) is 4.12. The monoisotopic (exact) mass is 392 g/mol. The third kappa shape index (κ3) is 4.36. The number of amides is 1. The Labute approximate surface area is 172 Å². The summed E-state index contributed by atoms with van der Waals surface area (Å²) in [6.45, 7) is 3.54. The molecule has 1 saturated heterocycles. The highest BCUT2D eigenvalue weighted by molar-refractivity contribution is 5.97. The average Bonchev–Trinajstić information content (AvgIpc) is 3.26. The summed E-state index contributed by atoms with van der Waals surface area (Å²) in [6.07, 6.45) is 1.98. The molecule has 29 heavy (non-hydrogen) atoms. The van der Waals surface area contributed by atoms with E-state index in [-0.39, 0.29) is 12.5 Å². The van der Waals surface area contributed by atoms with E-state index in [0.717, 1.165) is 49.9 Å². The lowest BCUT2D eigenvalue weighted by Crippen LogP contribution is -2.43. The zero-order valence-corrected chi connectivity index (χ0v) is 16.9. The molecule has 1 atom stereocenters. The van der Waals surface area contributed by atoms with Gasteiger partial charge in [0.25, 0.3) is 5.91 Å². The highest BCUT2D eigenvalue weighted by Gasteiger charge is 2.26. The van der Waals surface area contributed by atoms with Gasteiger partial charge in [0, 0.05) is 39.1 Å². The highest BCUT2D eigenvalue weighted by Crippen LogP contribution is 2.31. The molecule has 6 heteroatoms. The molecule has 0 spiro atoms. The van der Waals surface area contributed by atoms with Crippen LogP contribution >= 0.6 is 0 Å². The van der Waals surface area contributed by atoms with Crippen LogP contribution in [0, 0.1) is 0 Å². The number of carbonyl (C=O) groups is 1. The van der Waals surface area contributed by atoms with Crippen LogP contribution in [0.15, 0.2) is 59.6 Å². The van der Waals surface area contributed by atoms with Gasteiger partial charge >= 0.3 is 0 Å². The van der Waals surface area contributed by atoms with E-state index in [1.807, 2.05) is 36.2 Å². The van der Waals surface area contributed by atoms with Crippen LogP contribution in [-0.2, 0) is 4.79 Å². The number of likely N-dealkylation sites (tertiary alicyclic amines) is 1. The number of guanidine groups is 1. The minimum absolute atomic E-state index is 0.0123. The second-order valence-corrected chi connectivity index (χ2v) is 7.47. The number of fused-ring (bicyclic) bond motifs is 1. The summed E-state index contributed by atoms with van der Waals surface area (Å²) < 4.78 is 5.51. The standard InChI is InChI=1S/C23H28N4O2/c1-24-23(26-15-12-19(16-26)18-8-3-2-4-9-18)25-13-7-14-27-20-10-5-6-11-21(20)29-17-22(27)28/h2-6,8-11,19H,7,12-17H2,1H3,(H,24,25). The van der Waals surface area contributed by atoms with Crippen LogP contribution in [0.3, 0.4) is 0 Å². The first-order valence-corrected chi connectivity index (χ1v) is 10.3. The first-order chi connectivity index (χ1) is 14.3. The Balaban J connectivity index is 1.28. The number of nitrogens with one attached hydrogen (secondary N) is 1. The number of ether oxygens (including phenoxy) is 1. The largest absolute Gasteiger partial charge is 0.482 e. The number of carbonyl (C=O) groups excluding carboxylic acids is 1. The Hall–Kier alpha value is -3.02. The second-order valence-electron chi connectivity index (χ2n) is 7.47. The van der Waals surface area contributed by atoms with Crippen molar-refractivity contribution in [1.82, 2.24) is 10.2 Å². The predicted molar refractivity (Wildman–Crippen MR) is 116 cm³/mol. The third-order valence-corrected chi connectivity index (χ3v) is 5.62. The van der Waals surface area contributed by atoms with Gasteiger partial charge in [-0.15, -0.1) is 0 Å². The molecule has 1 unspecified atom stereocenters. The molecular formula is C23H28N4O2. The second kappa shape index (κ2) is 8.99. The van der Waals surface area contributed by atoms with Gasteiger partial charge in [0.1, 0.15) is 5.75 Å². The molecule has 0 aromatic heterocycles. The zero-order valence-electron chi connectivity index (χ0n) is 16.9.